The Bertz CT molecular complexity index is 452. The van der Waals surface area contributed by atoms with Gasteiger partial charge in [-0.1, -0.05) is 12.1 Å². The SMILES string of the molecule is O=[N+]([O-])c1ccccc1N1CCC[C@@H](CO)[C@H]1CO. The molecule has 6 heteroatoms. The number of nitro benzene ring substituents is 1. The second kappa shape index (κ2) is 5.99. The molecule has 104 valence electrons. The van der Waals surface area contributed by atoms with Crippen molar-refractivity contribution in [2.24, 2.45) is 5.92 Å². The van der Waals surface area contributed by atoms with Gasteiger partial charge in [0, 0.05) is 25.1 Å². The highest BCUT2D eigenvalue weighted by molar-refractivity contribution is 5.64. The summed E-state index contributed by atoms with van der Waals surface area (Å²) in [5.74, 6) is -0.0430. The lowest BCUT2D eigenvalue weighted by Crippen LogP contribution is -2.49. The molecule has 0 bridgehead atoms. The first-order chi connectivity index (χ1) is 9.19. The first-order valence-corrected chi connectivity index (χ1v) is 6.40. The number of benzene rings is 1. The Kier molecular flexibility index (Phi) is 4.34. The van der Waals surface area contributed by atoms with E-state index in [0.29, 0.717) is 12.2 Å². The molecule has 1 aromatic rings. The Morgan fingerprint density at radius 1 is 1.32 bits per heavy atom. The molecule has 2 rings (SSSR count). The van der Waals surface area contributed by atoms with Crippen molar-refractivity contribution >= 4 is 11.4 Å². The van der Waals surface area contributed by atoms with Gasteiger partial charge in [-0.05, 0) is 18.9 Å². The van der Waals surface area contributed by atoms with Crippen LogP contribution in [0.4, 0.5) is 11.4 Å². The highest BCUT2D eigenvalue weighted by Crippen LogP contribution is 2.34. The summed E-state index contributed by atoms with van der Waals surface area (Å²) < 4.78 is 0. The quantitative estimate of drug-likeness (QED) is 0.631. The normalized spacial score (nSPS) is 23.4. The lowest BCUT2D eigenvalue weighted by molar-refractivity contribution is -0.384. The topological polar surface area (TPSA) is 86.8 Å². The highest BCUT2D eigenvalue weighted by Gasteiger charge is 2.33. The summed E-state index contributed by atoms with van der Waals surface area (Å²) in [5, 5.41) is 30.0. The number of hydrogen-bond acceptors (Lipinski definition) is 5. The van der Waals surface area contributed by atoms with Crippen molar-refractivity contribution in [1.82, 2.24) is 0 Å². The molecule has 1 aliphatic rings. The Hall–Kier alpha value is -1.66. The van der Waals surface area contributed by atoms with E-state index in [0.717, 1.165) is 12.8 Å². The Balaban J connectivity index is 2.36. The van der Waals surface area contributed by atoms with Crippen LogP contribution < -0.4 is 4.90 Å². The van der Waals surface area contributed by atoms with Crippen molar-refractivity contribution in [2.45, 2.75) is 18.9 Å². The minimum absolute atomic E-state index is 0.0115. The van der Waals surface area contributed by atoms with E-state index >= 15 is 0 Å². The number of aliphatic hydroxyl groups is 2. The van der Waals surface area contributed by atoms with Gasteiger partial charge in [-0.3, -0.25) is 10.1 Å². The Morgan fingerprint density at radius 2 is 2.05 bits per heavy atom. The van der Waals surface area contributed by atoms with Gasteiger partial charge in [-0.15, -0.1) is 0 Å². The summed E-state index contributed by atoms with van der Waals surface area (Å²) >= 11 is 0. The molecule has 2 N–H and O–H groups in total. The van der Waals surface area contributed by atoms with Gasteiger partial charge in [-0.2, -0.15) is 0 Å². The second-order valence-electron chi connectivity index (χ2n) is 4.77. The van der Waals surface area contributed by atoms with Gasteiger partial charge in [0.05, 0.1) is 17.6 Å². The van der Waals surface area contributed by atoms with Crippen LogP contribution in [0.5, 0.6) is 0 Å². The number of rotatable bonds is 4. The van der Waals surface area contributed by atoms with Crippen LogP contribution in [0, 0.1) is 16.0 Å². The summed E-state index contributed by atoms with van der Waals surface area (Å²) in [6.07, 6.45) is 1.69. The maximum absolute atomic E-state index is 11.1. The van der Waals surface area contributed by atoms with Crippen LogP contribution in [0.1, 0.15) is 12.8 Å². The highest BCUT2D eigenvalue weighted by atomic mass is 16.6. The first-order valence-electron chi connectivity index (χ1n) is 6.40. The van der Waals surface area contributed by atoms with Crippen molar-refractivity contribution in [3.63, 3.8) is 0 Å². The van der Waals surface area contributed by atoms with Gasteiger partial charge in [0.15, 0.2) is 0 Å². The van der Waals surface area contributed by atoms with Crippen LogP contribution in [0.3, 0.4) is 0 Å². The average Bonchev–Trinajstić information content (AvgIpc) is 2.46. The van der Waals surface area contributed by atoms with Gasteiger partial charge in [0.1, 0.15) is 5.69 Å². The monoisotopic (exact) mass is 266 g/mol. The Labute approximate surface area is 111 Å². The fraction of sp³-hybridized carbons (Fsp3) is 0.538. The first kappa shape index (κ1) is 13.8. The van der Waals surface area contributed by atoms with E-state index in [9.17, 15) is 20.3 Å². The molecular formula is C13H18N2O4. The number of aliphatic hydroxyl groups excluding tert-OH is 2. The summed E-state index contributed by atoms with van der Waals surface area (Å²) in [6.45, 7) is 0.534. The third-order valence-corrected chi connectivity index (χ3v) is 3.73. The summed E-state index contributed by atoms with van der Waals surface area (Å²) in [5.41, 5.74) is 0.559. The summed E-state index contributed by atoms with van der Waals surface area (Å²) in [6, 6.07) is 6.27. The predicted molar refractivity (Wildman–Crippen MR) is 71.1 cm³/mol. The molecule has 19 heavy (non-hydrogen) atoms. The predicted octanol–water partition coefficient (Wildman–Crippen LogP) is 1.16. The number of para-hydroxylation sites is 2. The smallest absolute Gasteiger partial charge is 0.292 e. The third-order valence-electron chi connectivity index (χ3n) is 3.73. The van der Waals surface area contributed by atoms with Gasteiger partial charge in [0.25, 0.3) is 5.69 Å². The number of nitro groups is 1. The van der Waals surface area contributed by atoms with Crippen LogP contribution in [0.15, 0.2) is 24.3 Å². The van der Waals surface area contributed by atoms with E-state index in [4.69, 9.17) is 0 Å². The lowest BCUT2D eigenvalue weighted by Gasteiger charge is -2.40. The zero-order valence-electron chi connectivity index (χ0n) is 10.6. The van der Waals surface area contributed by atoms with Crippen LogP contribution in [0.2, 0.25) is 0 Å². The molecule has 0 unspecified atom stereocenters. The minimum atomic E-state index is -0.410. The number of nitrogens with zero attached hydrogens (tertiary/aromatic N) is 2. The van der Waals surface area contributed by atoms with Crippen LogP contribution in [-0.2, 0) is 0 Å². The zero-order chi connectivity index (χ0) is 13.8. The summed E-state index contributed by atoms with van der Waals surface area (Å²) in [7, 11) is 0. The molecule has 0 saturated carbocycles. The average molecular weight is 266 g/mol. The van der Waals surface area contributed by atoms with Gasteiger partial charge < -0.3 is 15.1 Å². The van der Waals surface area contributed by atoms with Crippen LogP contribution in [-0.4, -0.2) is 40.9 Å². The fourth-order valence-electron chi connectivity index (χ4n) is 2.76. The molecule has 1 fully saturated rings. The van der Waals surface area contributed by atoms with Crippen molar-refractivity contribution in [2.75, 3.05) is 24.7 Å². The van der Waals surface area contributed by atoms with Crippen LogP contribution in [0.25, 0.3) is 0 Å². The molecule has 1 saturated heterocycles. The molecule has 0 aliphatic carbocycles. The van der Waals surface area contributed by atoms with Crippen molar-refractivity contribution in [1.29, 1.82) is 0 Å². The van der Waals surface area contributed by atoms with Crippen molar-refractivity contribution in [3.05, 3.63) is 34.4 Å². The van der Waals surface area contributed by atoms with Gasteiger partial charge in [0.2, 0.25) is 0 Å². The van der Waals surface area contributed by atoms with E-state index in [1.165, 1.54) is 6.07 Å². The molecule has 1 aliphatic heterocycles. The lowest BCUT2D eigenvalue weighted by atomic mass is 9.89. The van der Waals surface area contributed by atoms with Crippen molar-refractivity contribution < 1.29 is 15.1 Å². The van der Waals surface area contributed by atoms with Gasteiger partial charge in [-0.25, -0.2) is 0 Å². The molecule has 0 aromatic heterocycles. The second-order valence-corrected chi connectivity index (χ2v) is 4.77. The largest absolute Gasteiger partial charge is 0.396 e. The van der Waals surface area contributed by atoms with Crippen molar-refractivity contribution in [3.8, 4) is 0 Å². The van der Waals surface area contributed by atoms with Crippen LogP contribution >= 0.6 is 0 Å². The minimum Gasteiger partial charge on any atom is -0.396 e. The molecule has 0 radical (unpaired) electrons. The maximum atomic E-state index is 11.1. The standard InChI is InChI=1S/C13H18N2O4/c16-8-10-4-3-7-14(13(10)9-17)11-5-1-2-6-12(11)15(18)19/h1-2,5-6,10,13,16-17H,3-4,7-9H2/t10-,13+/m0/s1. The van der Waals surface area contributed by atoms with E-state index in [2.05, 4.69) is 0 Å². The molecule has 1 heterocycles. The number of piperidine rings is 1. The van der Waals surface area contributed by atoms with E-state index < -0.39 is 4.92 Å². The fourth-order valence-corrected chi connectivity index (χ4v) is 2.76. The van der Waals surface area contributed by atoms with Gasteiger partial charge >= 0.3 is 0 Å². The summed E-state index contributed by atoms with van der Waals surface area (Å²) in [4.78, 5) is 12.5. The van der Waals surface area contributed by atoms with E-state index in [-0.39, 0.29) is 30.9 Å². The molecule has 2 atom stereocenters. The molecular weight excluding hydrogens is 248 g/mol. The molecule has 0 amide bonds. The molecule has 6 nitrogen and oxygen atoms in total. The number of anilines is 1. The van der Waals surface area contributed by atoms with E-state index in [1.807, 2.05) is 4.90 Å². The number of hydrogen-bond donors (Lipinski definition) is 2. The van der Waals surface area contributed by atoms with E-state index in [1.54, 1.807) is 18.2 Å². The third kappa shape index (κ3) is 2.69. The molecule has 1 aromatic carbocycles. The Morgan fingerprint density at radius 3 is 2.68 bits per heavy atom. The zero-order valence-corrected chi connectivity index (χ0v) is 10.6. The molecule has 0 spiro atoms. The maximum Gasteiger partial charge on any atom is 0.292 e.